The van der Waals surface area contributed by atoms with Crippen molar-refractivity contribution in [2.75, 3.05) is 13.2 Å². The second-order valence-electron chi connectivity index (χ2n) is 10.1. The minimum absolute atomic E-state index is 0.518. The molecule has 0 atom stereocenters. The molecule has 0 aromatic heterocycles. The molecular weight excluding hydrogens is 418 g/mol. The molecule has 0 radical (unpaired) electrons. The summed E-state index contributed by atoms with van der Waals surface area (Å²) in [5.74, 6) is 1.80. The first-order chi connectivity index (χ1) is 16.8. The Morgan fingerprint density at radius 3 is 1.12 bits per heavy atom. The second-order valence-corrected chi connectivity index (χ2v) is 10.1. The van der Waals surface area contributed by atoms with E-state index in [9.17, 15) is 0 Å². The molecule has 2 N–H and O–H groups in total. The van der Waals surface area contributed by atoms with Crippen LogP contribution in [0.5, 0.6) is 11.5 Å². The van der Waals surface area contributed by atoms with Gasteiger partial charge in [-0.2, -0.15) is 0 Å². The lowest BCUT2D eigenvalue weighted by Crippen LogP contribution is -2.03. The average Bonchev–Trinajstić information content (AvgIpc) is 2.85. The zero-order valence-electron chi connectivity index (χ0n) is 22.9. The van der Waals surface area contributed by atoms with E-state index in [0.717, 1.165) is 43.1 Å². The van der Waals surface area contributed by atoms with Gasteiger partial charge in [0.15, 0.2) is 0 Å². The highest BCUT2D eigenvalue weighted by molar-refractivity contribution is 5.38. The van der Waals surface area contributed by atoms with E-state index in [4.69, 9.17) is 15.2 Å². The van der Waals surface area contributed by atoms with Crippen molar-refractivity contribution in [2.45, 2.75) is 149 Å². The maximum atomic E-state index is 6.03. The molecule has 0 aliphatic carbocycles. The first-order valence-corrected chi connectivity index (χ1v) is 14.9. The SMILES string of the molecule is CCCCCCCCCCCCOc1cc(CN)cc(OCCCCCCCCCCCC)c1. The van der Waals surface area contributed by atoms with Crippen molar-refractivity contribution in [3.8, 4) is 11.5 Å². The molecule has 198 valence electrons. The predicted molar refractivity (Wildman–Crippen MR) is 149 cm³/mol. The van der Waals surface area contributed by atoms with Gasteiger partial charge in [0.2, 0.25) is 0 Å². The standard InChI is InChI=1S/C31H57NO2/c1-3-5-7-9-11-13-15-17-19-21-23-33-30-25-29(28-32)26-31(27-30)34-24-22-20-18-16-14-12-10-8-6-4-2/h25-27H,3-24,28,32H2,1-2H3. The van der Waals surface area contributed by atoms with E-state index >= 15 is 0 Å². The molecule has 0 spiro atoms. The van der Waals surface area contributed by atoms with Crippen LogP contribution in [0.4, 0.5) is 0 Å². The molecule has 0 amide bonds. The van der Waals surface area contributed by atoms with Gasteiger partial charge in [-0.25, -0.2) is 0 Å². The van der Waals surface area contributed by atoms with E-state index in [1.165, 1.54) is 116 Å². The van der Waals surface area contributed by atoms with Crippen molar-refractivity contribution in [1.82, 2.24) is 0 Å². The van der Waals surface area contributed by atoms with Crippen LogP contribution in [0, 0.1) is 0 Å². The Balaban J connectivity index is 2.10. The number of ether oxygens (including phenoxy) is 2. The molecule has 1 rings (SSSR count). The molecule has 0 bridgehead atoms. The Kier molecular flexibility index (Phi) is 21.3. The van der Waals surface area contributed by atoms with Gasteiger partial charge in [0.05, 0.1) is 13.2 Å². The summed E-state index contributed by atoms with van der Waals surface area (Å²) in [5, 5.41) is 0. The molecule has 0 saturated heterocycles. The Morgan fingerprint density at radius 2 is 0.794 bits per heavy atom. The molecule has 0 aliphatic heterocycles. The highest BCUT2D eigenvalue weighted by atomic mass is 16.5. The maximum absolute atomic E-state index is 6.03. The van der Waals surface area contributed by atoms with Gasteiger partial charge in [-0.1, -0.05) is 129 Å². The van der Waals surface area contributed by atoms with E-state index in [-0.39, 0.29) is 0 Å². The summed E-state index contributed by atoms with van der Waals surface area (Å²) in [6, 6.07) is 6.15. The Labute approximate surface area is 212 Å². The number of benzene rings is 1. The molecule has 1 aromatic carbocycles. The molecule has 0 heterocycles. The lowest BCUT2D eigenvalue weighted by atomic mass is 10.1. The van der Waals surface area contributed by atoms with Gasteiger partial charge >= 0.3 is 0 Å². The summed E-state index contributed by atoms with van der Waals surface area (Å²) >= 11 is 0. The van der Waals surface area contributed by atoms with Crippen LogP contribution in [0.1, 0.15) is 148 Å². The van der Waals surface area contributed by atoms with Gasteiger partial charge in [-0.15, -0.1) is 0 Å². The Bertz CT molecular complexity index is 516. The minimum Gasteiger partial charge on any atom is -0.493 e. The average molecular weight is 476 g/mol. The first-order valence-electron chi connectivity index (χ1n) is 14.9. The van der Waals surface area contributed by atoms with Gasteiger partial charge in [0.1, 0.15) is 11.5 Å². The van der Waals surface area contributed by atoms with Crippen LogP contribution in [-0.4, -0.2) is 13.2 Å². The summed E-state index contributed by atoms with van der Waals surface area (Å²) in [6.45, 7) is 6.64. The van der Waals surface area contributed by atoms with Crippen molar-refractivity contribution in [2.24, 2.45) is 5.73 Å². The van der Waals surface area contributed by atoms with Crippen molar-refractivity contribution < 1.29 is 9.47 Å². The van der Waals surface area contributed by atoms with Crippen LogP contribution in [0.2, 0.25) is 0 Å². The van der Waals surface area contributed by atoms with Crippen molar-refractivity contribution in [1.29, 1.82) is 0 Å². The van der Waals surface area contributed by atoms with Gasteiger partial charge in [0.25, 0.3) is 0 Å². The molecule has 3 nitrogen and oxygen atoms in total. The summed E-state index contributed by atoms with van der Waals surface area (Å²) < 4.78 is 12.1. The van der Waals surface area contributed by atoms with Crippen LogP contribution >= 0.6 is 0 Å². The van der Waals surface area contributed by atoms with Crippen LogP contribution in [0.15, 0.2) is 18.2 Å². The minimum atomic E-state index is 0.518. The molecular formula is C31H57NO2. The van der Waals surface area contributed by atoms with E-state index in [1.54, 1.807) is 0 Å². The van der Waals surface area contributed by atoms with Crippen LogP contribution < -0.4 is 15.2 Å². The number of hydrogen-bond acceptors (Lipinski definition) is 3. The fourth-order valence-electron chi connectivity index (χ4n) is 4.47. The van der Waals surface area contributed by atoms with Gasteiger partial charge in [-0.3, -0.25) is 0 Å². The van der Waals surface area contributed by atoms with E-state index in [0.29, 0.717) is 6.54 Å². The number of rotatable bonds is 25. The second kappa shape index (κ2) is 23.5. The first kappa shape index (κ1) is 30.8. The third-order valence-electron chi connectivity index (χ3n) is 6.71. The van der Waals surface area contributed by atoms with Gasteiger partial charge in [-0.05, 0) is 30.5 Å². The highest BCUT2D eigenvalue weighted by Crippen LogP contribution is 2.24. The summed E-state index contributed by atoms with van der Waals surface area (Å²) in [6.07, 6.45) is 26.9. The van der Waals surface area contributed by atoms with E-state index < -0.39 is 0 Å². The Morgan fingerprint density at radius 1 is 0.471 bits per heavy atom. The van der Waals surface area contributed by atoms with Crippen molar-refractivity contribution in [3.63, 3.8) is 0 Å². The number of unbranched alkanes of at least 4 members (excludes halogenated alkanes) is 18. The van der Waals surface area contributed by atoms with Crippen molar-refractivity contribution in [3.05, 3.63) is 23.8 Å². The van der Waals surface area contributed by atoms with Gasteiger partial charge < -0.3 is 15.2 Å². The quantitative estimate of drug-likeness (QED) is 0.143. The number of nitrogens with two attached hydrogens (primary N) is 1. The molecule has 34 heavy (non-hydrogen) atoms. The smallest absolute Gasteiger partial charge is 0.123 e. The molecule has 3 heteroatoms. The summed E-state index contributed by atoms with van der Waals surface area (Å²) in [7, 11) is 0. The monoisotopic (exact) mass is 475 g/mol. The fraction of sp³-hybridized carbons (Fsp3) is 0.806. The largest absolute Gasteiger partial charge is 0.493 e. The zero-order valence-corrected chi connectivity index (χ0v) is 22.9. The third-order valence-corrected chi connectivity index (χ3v) is 6.71. The highest BCUT2D eigenvalue weighted by Gasteiger charge is 2.03. The van der Waals surface area contributed by atoms with E-state index in [1.807, 2.05) is 6.07 Å². The van der Waals surface area contributed by atoms with Crippen LogP contribution in [0.25, 0.3) is 0 Å². The molecule has 1 aromatic rings. The van der Waals surface area contributed by atoms with E-state index in [2.05, 4.69) is 26.0 Å². The lowest BCUT2D eigenvalue weighted by Gasteiger charge is -2.12. The topological polar surface area (TPSA) is 44.5 Å². The summed E-state index contributed by atoms with van der Waals surface area (Å²) in [5.41, 5.74) is 6.98. The molecule has 0 fully saturated rings. The molecule has 0 unspecified atom stereocenters. The number of hydrogen-bond donors (Lipinski definition) is 1. The normalized spacial score (nSPS) is 11.1. The zero-order chi connectivity index (χ0) is 24.5. The molecule has 0 saturated carbocycles. The predicted octanol–water partition coefficient (Wildman–Crippen LogP) is 9.74. The fourth-order valence-corrected chi connectivity index (χ4v) is 4.47. The van der Waals surface area contributed by atoms with Crippen molar-refractivity contribution >= 4 is 0 Å². The maximum Gasteiger partial charge on any atom is 0.123 e. The molecule has 0 aliphatic rings. The lowest BCUT2D eigenvalue weighted by molar-refractivity contribution is 0.289. The van der Waals surface area contributed by atoms with Crippen LogP contribution in [-0.2, 0) is 6.54 Å². The third kappa shape index (κ3) is 18.2. The summed E-state index contributed by atoms with van der Waals surface area (Å²) in [4.78, 5) is 0. The van der Waals surface area contributed by atoms with Crippen LogP contribution in [0.3, 0.4) is 0 Å². The Hall–Kier alpha value is -1.22. The van der Waals surface area contributed by atoms with Gasteiger partial charge in [0, 0.05) is 12.6 Å².